The molecule has 0 spiro atoms. The molecule has 0 saturated heterocycles. The van der Waals surface area contributed by atoms with Crippen LogP contribution in [0.15, 0.2) is 0 Å². The number of Topliss-reactive ketones (excluding diaryl/α,β-unsaturated/α-hetero) is 1. The first kappa shape index (κ1) is 11.7. The fourth-order valence-electron chi connectivity index (χ4n) is 2.43. The number of carbonyl (C=O) groups excluding carboxylic acids is 1. The molecule has 2 heteroatoms. The SMILES string of the molecule is CC(C)C(CN)C(=O)CC1CCCC1. The Morgan fingerprint density at radius 2 is 1.93 bits per heavy atom. The van der Waals surface area contributed by atoms with Crippen molar-refractivity contribution in [2.45, 2.75) is 46.0 Å². The van der Waals surface area contributed by atoms with Crippen molar-refractivity contribution in [3.05, 3.63) is 0 Å². The second-order valence-electron chi connectivity index (χ2n) is 4.91. The summed E-state index contributed by atoms with van der Waals surface area (Å²) < 4.78 is 0. The molecule has 1 aliphatic rings. The highest BCUT2D eigenvalue weighted by atomic mass is 16.1. The van der Waals surface area contributed by atoms with Gasteiger partial charge in [-0.05, 0) is 11.8 Å². The number of hydrogen-bond acceptors (Lipinski definition) is 2. The molecule has 82 valence electrons. The fourth-order valence-corrected chi connectivity index (χ4v) is 2.43. The quantitative estimate of drug-likeness (QED) is 0.735. The van der Waals surface area contributed by atoms with Crippen molar-refractivity contribution in [2.75, 3.05) is 6.54 Å². The Bertz CT molecular complexity index is 183. The van der Waals surface area contributed by atoms with Gasteiger partial charge in [-0.1, -0.05) is 39.5 Å². The number of ketones is 1. The molecule has 14 heavy (non-hydrogen) atoms. The molecule has 0 radical (unpaired) electrons. The average molecular weight is 197 g/mol. The summed E-state index contributed by atoms with van der Waals surface area (Å²) >= 11 is 0. The van der Waals surface area contributed by atoms with Crippen molar-refractivity contribution in [3.8, 4) is 0 Å². The van der Waals surface area contributed by atoms with Crippen LogP contribution in [0.2, 0.25) is 0 Å². The average Bonchev–Trinajstić information content (AvgIpc) is 2.57. The summed E-state index contributed by atoms with van der Waals surface area (Å²) in [5, 5.41) is 0. The van der Waals surface area contributed by atoms with Crippen LogP contribution in [-0.4, -0.2) is 12.3 Å². The lowest BCUT2D eigenvalue weighted by Gasteiger charge is -2.19. The first-order valence-corrected chi connectivity index (χ1v) is 5.88. The van der Waals surface area contributed by atoms with E-state index in [0.717, 1.165) is 6.42 Å². The zero-order valence-corrected chi connectivity index (χ0v) is 9.46. The van der Waals surface area contributed by atoms with E-state index in [1.54, 1.807) is 0 Å². The molecule has 0 aromatic carbocycles. The molecule has 1 saturated carbocycles. The van der Waals surface area contributed by atoms with Crippen LogP contribution >= 0.6 is 0 Å². The van der Waals surface area contributed by atoms with E-state index in [9.17, 15) is 4.79 Å². The van der Waals surface area contributed by atoms with Crippen LogP contribution < -0.4 is 5.73 Å². The Kier molecular flexibility index (Phi) is 4.59. The number of carbonyl (C=O) groups is 1. The van der Waals surface area contributed by atoms with Crippen molar-refractivity contribution < 1.29 is 4.79 Å². The van der Waals surface area contributed by atoms with Gasteiger partial charge >= 0.3 is 0 Å². The van der Waals surface area contributed by atoms with Gasteiger partial charge in [0.15, 0.2) is 0 Å². The zero-order valence-electron chi connectivity index (χ0n) is 9.46. The monoisotopic (exact) mass is 197 g/mol. The standard InChI is InChI=1S/C12H23NO/c1-9(2)11(8-13)12(14)7-10-5-3-4-6-10/h9-11H,3-8,13H2,1-2H3. The zero-order chi connectivity index (χ0) is 10.6. The van der Waals surface area contributed by atoms with Gasteiger partial charge in [-0.25, -0.2) is 0 Å². The van der Waals surface area contributed by atoms with Crippen LogP contribution in [-0.2, 0) is 4.79 Å². The van der Waals surface area contributed by atoms with Gasteiger partial charge in [-0.2, -0.15) is 0 Å². The van der Waals surface area contributed by atoms with Gasteiger partial charge in [-0.15, -0.1) is 0 Å². The molecule has 1 aliphatic carbocycles. The molecular weight excluding hydrogens is 174 g/mol. The van der Waals surface area contributed by atoms with Crippen LogP contribution in [0.25, 0.3) is 0 Å². The highest BCUT2D eigenvalue weighted by molar-refractivity contribution is 5.81. The highest BCUT2D eigenvalue weighted by Crippen LogP contribution is 2.29. The smallest absolute Gasteiger partial charge is 0.137 e. The van der Waals surface area contributed by atoms with E-state index >= 15 is 0 Å². The van der Waals surface area contributed by atoms with E-state index < -0.39 is 0 Å². The fraction of sp³-hybridized carbons (Fsp3) is 0.917. The molecule has 1 fully saturated rings. The predicted octanol–water partition coefficient (Wildman–Crippen LogP) is 2.37. The van der Waals surface area contributed by atoms with Crippen LogP contribution in [0.4, 0.5) is 0 Å². The Labute approximate surface area is 87.2 Å². The van der Waals surface area contributed by atoms with E-state index in [1.165, 1.54) is 25.7 Å². The molecule has 0 amide bonds. The molecular formula is C12H23NO. The Morgan fingerprint density at radius 1 is 1.36 bits per heavy atom. The van der Waals surface area contributed by atoms with Gasteiger partial charge in [0.2, 0.25) is 0 Å². The maximum absolute atomic E-state index is 11.9. The largest absolute Gasteiger partial charge is 0.330 e. The van der Waals surface area contributed by atoms with Crippen LogP contribution in [0.5, 0.6) is 0 Å². The molecule has 0 aliphatic heterocycles. The molecule has 1 unspecified atom stereocenters. The van der Waals surface area contributed by atoms with Gasteiger partial charge in [0.05, 0.1) is 0 Å². The predicted molar refractivity (Wildman–Crippen MR) is 59.0 cm³/mol. The van der Waals surface area contributed by atoms with Crippen molar-refractivity contribution in [1.82, 2.24) is 0 Å². The summed E-state index contributed by atoms with van der Waals surface area (Å²) in [7, 11) is 0. The van der Waals surface area contributed by atoms with Gasteiger partial charge < -0.3 is 5.73 Å². The highest BCUT2D eigenvalue weighted by Gasteiger charge is 2.25. The summed E-state index contributed by atoms with van der Waals surface area (Å²) in [6, 6.07) is 0. The van der Waals surface area contributed by atoms with Crippen LogP contribution in [0, 0.1) is 17.8 Å². The van der Waals surface area contributed by atoms with Crippen molar-refractivity contribution in [3.63, 3.8) is 0 Å². The topological polar surface area (TPSA) is 43.1 Å². The Morgan fingerprint density at radius 3 is 2.36 bits per heavy atom. The van der Waals surface area contributed by atoms with E-state index in [2.05, 4.69) is 13.8 Å². The Hall–Kier alpha value is -0.370. The van der Waals surface area contributed by atoms with Crippen molar-refractivity contribution in [2.24, 2.45) is 23.5 Å². The van der Waals surface area contributed by atoms with Gasteiger partial charge in [0, 0.05) is 18.9 Å². The number of hydrogen-bond donors (Lipinski definition) is 1. The third-order valence-electron chi connectivity index (χ3n) is 3.44. The minimum atomic E-state index is 0.0931. The van der Waals surface area contributed by atoms with Crippen molar-refractivity contribution >= 4 is 5.78 Å². The first-order valence-electron chi connectivity index (χ1n) is 5.88. The molecule has 0 aromatic heterocycles. The lowest BCUT2D eigenvalue weighted by atomic mass is 9.86. The summed E-state index contributed by atoms with van der Waals surface area (Å²) in [4.78, 5) is 11.9. The van der Waals surface area contributed by atoms with Gasteiger partial charge in [0.25, 0.3) is 0 Å². The van der Waals surface area contributed by atoms with Crippen LogP contribution in [0.3, 0.4) is 0 Å². The minimum Gasteiger partial charge on any atom is -0.330 e. The molecule has 0 aromatic rings. The van der Waals surface area contributed by atoms with Gasteiger partial charge in [-0.3, -0.25) is 4.79 Å². The van der Waals surface area contributed by atoms with E-state index in [-0.39, 0.29) is 5.92 Å². The maximum atomic E-state index is 11.9. The molecule has 2 N–H and O–H groups in total. The summed E-state index contributed by atoms with van der Waals surface area (Å²) in [6.07, 6.45) is 5.90. The molecule has 1 atom stereocenters. The van der Waals surface area contributed by atoms with E-state index in [4.69, 9.17) is 5.73 Å². The molecule has 0 heterocycles. The summed E-state index contributed by atoms with van der Waals surface area (Å²) in [5.41, 5.74) is 5.63. The van der Waals surface area contributed by atoms with E-state index in [1.807, 2.05) is 0 Å². The number of nitrogens with two attached hydrogens (primary N) is 1. The third kappa shape index (κ3) is 3.09. The third-order valence-corrected chi connectivity index (χ3v) is 3.44. The van der Waals surface area contributed by atoms with Gasteiger partial charge in [0.1, 0.15) is 5.78 Å². The maximum Gasteiger partial charge on any atom is 0.137 e. The summed E-state index contributed by atoms with van der Waals surface area (Å²) in [6.45, 7) is 4.69. The number of rotatable bonds is 5. The first-order chi connectivity index (χ1) is 6.65. The van der Waals surface area contributed by atoms with E-state index in [0.29, 0.717) is 24.2 Å². The molecule has 1 rings (SSSR count). The Balaban J connectivity index is 2.38. The summed E-state index contributed by atoms with van der Waals surface area (Å²) in [5.74, 6) is 1.55. The second kappa shape index (κ2) is 5.50. The van der Waals surface area contributed by atoms with Crippen molar-refractivity contribution in [1.29, 1.82) is 0 Å². The second-order valence-corrected chi connectivity index (χ2v) is 4.91. The normalized spacial score (nSPS) is 20.3. The molecule has 2 nitrogen and oxygen atoms in total. The van der Waals surface area contributed by atoms with Crippen LogP contribution in [0.1, 0.15) is 46.0 Å². The lowest BCUT2D eigenvalue weighted by Crippen LogP contribution is -2.29. The molecule has 0 bridgehead atoms. The minimum absolute atomic E-state index is 0.0931. The lowest BCUT2D eigenvalue weighted by molar-refractivity contribution is -0.124.